The summed E-state index contributed by atoms with van der Waals surface area (Å²) in [5, 5.41) is 3.35. The van der Waals surface area contributed by atoms with Crippen molar-refractivity contribution in [3.8, 4) is 0 Å². The highest BCUT2D eigenvalue weighted by molar-refractivity contribution is 5.96. The molecule has 0 spiro atoms. The molecule has 88 valence electrons. The lowest BCUT2D eigenvalue weighted by Gasteiger charge is -2.08. The van der Waals surface area contributed by atoms with Crippen molar-refractivity contribution in [3.05, 3.63) is 29.8 Å². The molecule has 1 rings (SSSR count). The summed E-state index contributed by atoms with van der Waals surface area (Å²) in [7, 11) is 0. The van der Waals surface area contributed by atoms with Gasteiger partial charge < -0.3 is 5.32 Å². The molecule has 0 unspecified atom stereocenters. The van der Waals surface area contributed by atoms with Crippen molar-refractivity contribution in [1.82, 2.24) is 0 Å². The summed E-state index contributed by atoms with van der Waals surface area (Å²) in [6.07, 6.45) is 1.73. The Morgan fingerprint density at radius 1 is 1.25 bits per heavy atom. The molecule has 0 aromatic heterocycles. The lowest BCUT2D eigenvalue weighted by molar-refractivity contribution is 0.0988. The molecule has 1 aromatic carbocycles. The third-order valence-electron chi connectivity index (χ3n) is 2.58. The summed E-state index contributed by atoms with van der Waals surface area (Å²) in [5.41, 5.74) is 1.89. The van der Waals surface area contributed by atoms with E-state index in [1.165, 1.54) is 0 Å². The number of benzene rings is 1. The molecule has 0 heterocycles. The highest BCUT2D eigenvalue weighted by Crippen LogP contribution is 2.11. The Labute approximate surface area is 98.1 Å². The summed E-state index contributed by atoms with van der Waals surface area (Å²) in [5.74, 6) is 0.919. The molecule has 1 aromatic rings. The molecule has 1 N–H and O–H groups in total. The number of hydrogen-bond donors (Lipinski definition) is 1. The van der Waals surface area contributed by atoms with Crippen LogP contribution in [0.15, 0.2) is 24.3 Å². The second-order valence-corrected chi connectivity index (χ2v) is 4.46. The molecule has 0 radical (unpaired) electrons. The second-order valence-electron chi connectivity index (χ2n) is 4.46. The summed E-state index contributed by atoms with van der Waals surface area (Å²) < 4.78 is 0. The second kappa shape index (κ2) is 6.31. The van der Waals surface area contributed by atoms with Gasteiger partial charge in [-0.1, -0.05) is 20.8 Å². The number of ketones is 1. The van der Waals surface area contributed by atoms with Crippen LogP contribution < -0.4 is 5.32 Å². The van der Waals surface area contributed by atoms with Crippen molar-refractivity contribution in [2.24, 2.45) is 5.92 Å². The fourth-order valence-electron chi connectivity index (χ4n) is 1.48. The van der Waals surface area contributed by atoms with Gasteiger partial charge in [-0.25, -0.2) is 0 Å². The van der Waals surface area contributed by atoms with Crippen LogP contribution in [0.3, 0.4) is 0 Å². The lowest BCUT2D eigenvalue weighted by Crippen LogP contribution is -2.05. The van der Waals surface area contributed by atoms with Crippen molar-refractivity contribution < 1.29 is 4.79 Å². The van der Waals surface area contributed by atoms with Gasteiger partial charge in [0, 0.05) is 24.2 Å². The monoisotopic (exact) mass is 219 g/mol. The van der Waals surface area contributed by atoms with E-state index in [-0.39, 0.29) is 5.78 Å². The summed E-state index contributed by atoms with van der Waals surface area (Å²) in [6, 6.07) is 7.74. The van der Waals surface area contributed by atoms with Crippen molar-refractivity contribution in [1.29, 1.82) is 0 Å². The average molecular weight is 219 g/mol. The number of carbonyl (C=O) groups excluding carboxylic acids is 1. The first-order chi connectivity index (χ1) is 7.63. The summed E-state index contributed by atoms with van der Waals surface area (Å²) >= 11 is 0. The summed E-state index contributed by atoms with van der Waals surface area (Å²) in [4.78, 5) is 11.4. The van der Waals surface area contributed by atoms with E-state index in [9.17, 15) is 4.79 Å². The SMILES string of the molecule is CCC(=O)c1ccc(NCCC(C)C)cc1. The van der Waals surface area contributed by atoms with Gasteiger partial charge in [-0.05, 0) is 36.6 Å². The fourth-order valence-corrected chi connectivity index (χ4v) is 1.48. The molecule has 0 aliphatic rings. The third kappa shape index (κ3) is 4.05. The predicted octanol–water partition coefficient (Wildman–Crippen LogP) is 3.74. The number of nitrogens with one attached hydrogen (secondary N) is 1. The van der Waals surface area contributed by atoms with Crippen LogP contribution in [0, 0.1) is 5.92 Å². The smallest absolute Gasteiger partial charge is 0.162 e. The van der Waals surface area contributed by atoms with Gasteiger partial charge in [-0.3, -0.25) is 4.79 Å². The number of carbonyl (C=O) groups is 1. The van der Waals surface area contributed by atoms with Gasteiger partial charge >= 0.3 is 0 Å². The minimum absolute atomic E-state index is 0.203. The average Bonchev–Trinajstić information content (AvgIpc) is 2.28. The maximum atomic E-state index is 11.4. The highest BCUT2D eigenvalue weighted by Gasteiger charge is 2.02. The van der Waals surface area contributed by atoms with Crippen LogP contribution in [0.4, 0.5) is 5.69 Å². The minimum atomic E-state index is 0.203. The number of Topliss-reactive ketones (excluding diaryl/α,β-unsaturated/α-hetero) is 1. The van der Waals surface area contributed by atoms with E-state index in [2.05, 4.69) is 19.2 Å². The lowest BCUT2D eigenvalue weighted by atomic mass is 10.1. The standard InChI is InChI=1S/C14H21NO/c1-4-14(16)12-5-7-13(8-6-12)15-10-9-11(2)3/h5-8,11,15H,4,9-10H2,1-3H3. The van der Waals surface area contributed by atoms with Crippen LogP contribution in [0.5, 0.6) is 0 Å². The normalized spacial score (nSPS) is 10.5. The fraction of sp³-hybridized carbons (Fsp3) is 0.500. The maximum absolute atomic E-state index is 11.4. The van der Waals surface area contributed by atoms with E-state index in [0.29, 0.717) is 12.3 Å². The van der Waals surface area contributed by atoms with E-state index in [4.69, 9.17) is 0 Å². The molecule has 0 aliphatic heterocycles. The van der Waals surface area contributed by atoms with Crippen LogP contribution in [0.2, 0.25) is 0 Å². The van der Waals surface area contributed by atoms with E-state index < -0.39 is 0 Å². The topological polar surface area (TPSA) is 29.1 Å². The van der Waals surface area contributed by atoms with Crippen LogP contribution in [-0.4, -0.2) is 12.3 Å². The number of hydrogen-bond acceptors (Lipinski definition) is 2. The largest absolute Gasteiger partial charge is 0.385 e. The van der Waals surface area contributed by atoms with Crippen LogP contribution in [0.1, 0.15) is 44.0 Å². The van der Waals surface area contributed by atoms with Crippen LogP contribution >= 0.6 is 0 Å². The van der Waals surface area contributed by atoms with Gasteiger partial charge in [0.05, 0.1) is 0 Å². The first-order valence-corrected chi connectivity index (χ1v) is 6.00. The van der Waals surface area contributed by atoms with Gasteiger partial charge in [0.1, 0.15) is 0 Å². The van der Waals surface area contributed by atoms with Gasteiger partial charge in [-0.15, -0.1) is 0 Å². The summed E-state index contributed by atoms with van der Waals surface area (Å²) in [6.45, 7) is 7.30. The van der Waals surface area contributed by atoms with Gasteiger partial charge in [0.15, 0.2) is 5.78 Å². The molecular weight excluding hydrogens is 198 g/mol. The van der Waals surface area contributed by atoms with Gasteiger partial charge in [0.2, 0.25) is 0 Å². The Kier molecular flexibility index (Phi) is 5.03. The molecule has 0 aliphatic carbocycles. The maximum Gasteiger partial charge on any atom is 0.162 e. The number of rotatable bonds is 6. The molecule has 2 nitrogen and oxygen atoms in total. The molecule has 0 fully saturated rings. The zero-order chi connectivity index (χ0) is 12.0. The Hall–Kier alpha value is -1.31. The Morgan fingerprint density at radius 3 is 2.38 bits per heavy atom. The molecule has 0 bridgehead atoms. The van der Waals surface area contributed by atoms with Crippen molar-refractivity contribution >= 4 is 11.5 Å². The zero-order valence-electron chi connectivity index (χ0n) is 10.4. The minimum Gasteiger partial charge on any atom is -0.385 e. The quantitative estimate of drug-likeness (QED) is 0.738. The highest BCUT2D eigenvalue weighted by atomic mass is 16.1. The first-order valence-electron chi connectivity index (χ1n) is 6.00. The molecule has 16 heavy (non-hydrogen) atoms. The van der Waals surface area contributed by atoms with Crippen LogP contribution in [0.25, 0.3) is 0 Å². The molecular formula is C14H21NO. The predicted molar refractivity (Wildman–Crippen MR) is 69.0 cm³/mol. The van der Waals surface area contributed by atoms with Gasteiger partial charge in [0.25, 0.3) is 0 Å². The Morgan fingerprint density at radius 2 is 1.88 bits per heavy atom. The Bertz CT molecular complexity index is 327. The van der Waals surface area contributed by atoms with E-state index >= 15 is 0 Å². The zero-order valence-corrected chi connectivity index (χ0v) is 10.4. The molecule has 0 atom stereocenters. The van der Waals surface area contributed by atoms with E-state index in [0.717, 1.165) is 24.2 Å². The molecule has 0 saturated heterocycles. The van der Waals surface area contributed by atoms with E-state index in [1.54, 1.807) is 0 Å². The van der Waals surface area contributed by atoms with E-state index in [1.807, 2.05) is 31.2 Å². The molecule has 0 amide bonds. The first kappa shape index (κ1) is 12.8. The van der Waals surface area contributed by atoms with Crippen molar-refractivity contribution in [3.63, 3.8) is 0 Å². The van der Waals surface area contributed by atoms with Crippen molar-refractivity contribution in [2.75, 3.05) is 11.9 Å². The third-order valence-corrected chi connectivity index (χ3v) is 2.58. The molecule has 0 saturated carbocycles. The van der Waals surface area contributed by atoms with Crippen LogP contribution in [-0.2, 0) is 0 Å². The Balaban J connectivity index is 2.48. The van der Waals surface area contributed by atoms with Crippen molar-refractivity contribution in [2.45, 2.75) is 33.6 Å². The molecule has 2 heteroatoms. The van der Waals surface area contributed by atoms with Gasteiger partial charge in [-0.2, -0.15) is 0 Å². The number of anilines is 1.